The molecule has 0 fully saturated rings. The van der Waals surface area contributed by atoms with Crippen molar-refractivity contribution in [2.45, 2.75) is 13.1 Å². The van der Waals surface area contributed by atoms with Crippen molar-refractivity contribution >= 4 is 11.6 Å². The number of anilines is 1. The highest BCUT2D eigenvalue weighted by molar-refractivity contribution is 5.92. The zero-order valence-electron chi connectivity index (χ0n) is 12.9. The average Bonchev–Trinajstić information content (AvgIpc) is 2.53. The third-order valence-electron chi connectivity index (χ3n) is 2.96. The maximum absolute atomic E-state index is 12.6. The lowest BCUT2D eigenvalue weighted by molar-refractivity contribution is -0.137. The molecule has 0 atom stereocenters. The third-order valence-corrected chi connectivity index (χ3v) is 2.96. The number of halogens is 3. The minimum absolute atomic E-state index is 0.0250. The van der Waals surface area contributed by atoms with E-state index in [1.807, 2.05) is 6.92 Å². The molecule has 0 aliphatic carbocycles. The van der Waals surface area contributed by atoms with Crippen molar-refractivity contribution in [3.63, 3.8) is 0 Å². The molecule has 0 unspecified atom stereocenters. The van der Waals surface area contributed by atoms with Gasteiger partial charge in [0.25, 0.3) is 5.91 Å². The summed E-state index contributed by atoms with van der Waals surface area (Å²) in [6.45, 7) is 1.93. The average molecular weight is 339 g/mol. The highest BCUT2D eigenvalue weighted by Gasteiger charge is 2.30. The van der Waals surface area contributed by atoms with Gasteiger partial charge in [0.05, 0.1) is 12.2 Å². The van der Waals surface area contributed by atoms with Crippen molar-refractivity contribution in [1.29, 1.82) is 0 Å². The first-order valence-corrected chi connectivity index (χ1v) is 7.21. The number of benzene rings is 2. The van der Waals surface area contributed by atoms with Crippen LogP contribution in [0.25, 0.3) is 0 Å². The molecule has 2 aromatic rings. The van der Waals surface area contributed by atoms with Gasteiger partial charge in [0.15, 0.2) is 6.61 Å². The van der Waals surface area contributed by atoms with E-state index >= 15 is 0 Å². The monoisotopic (exact) mass is 339 g/mol. The van der Waals surface area contributed by atoms with E-state index in [-0.39, 0.29) is 5.75 Å². The third kappa shape index (κ3) is 5.19. The molecule has 24 heavy (non-hydrogen) atoms. The maximum atomic E-state index is 12.6. The molecule has 1 N–H and O–H groups in total. The summed E-state index contributed by atoms with van der Waals surface area (Å²) >= 11 is 0. The molecule has 1 amide bonds. The standard InChI is InChI=1S/C17H16F3NO3/c1-2-23-15-8-4-6-13(10-15)21-16(22)11-24-14-7-3-5-12(9-14)17(18,19)20/h3-10H,2,11H2,1H3,(H,21,22). The molecule has 0 spiro atoms. The first-order chi connectivity index (χ1) is 11.4. The van der Waals surface area contributed by atoms with Crippen LogP contribution in [0.15, 0.2) is 48.5 Å². The molecule has 2 rings (SSSR count). The van der Waals surface area contributed by atoms with E-state index < -0.39 is 24.3 Å². The number of carbonyl (C=O) groups is 1. The molecule has 128 valence electrons. The number of nitrogens with one attached hydrogen (secondary N) is 1. The SMILES string of the molecule is CCOc1cccc(NC(=O)COc2cccc(C(F)(F)F)c2)c1. The molecule has 4 nitrogen and oxygen atoms in total. The Kier molecular flexibility index (Phi) is 5.68. The second-order valence-corrected chi connectivity index (χ2v) is 4.82. The molecule has 2 aromatic carbocycles. The zero-order valence-corrected chi connectivity index (χ0v) is 12.9. The summed E-state index contributed by atoms with van der Waals surface area (Å²) in [6.07, 6.45) is -4.46. The van der Waals surface area contributed by atoms with Crippen molar-refractivity contribution in [3.05, 3.63) is 54.1 Å². The van der Waals surface area contributed by atoms with Crippen LogP contribution in [0.1, 0.15) is 12.5 Å². The predicted molar refractivity (Wildman–Crippen MR) is 83.2 cm³/mol. The number of rotatable bonds is 6. The summed E-state index contributed by atoms with van der Waals surface area (Å²) < 4.78 is 48.2. The fraction of sp³-hybridized carbons (Fsp3) is 0.235. The van der Waals surface area contributed by atoms with Gasteiger partial charge in [-0.3, -0.25) is 4.79 Å². The molecule has 7 heteroatoms. The summed E-state index contributed by atoms with van der Waals surface area (Å²) in [6, 6.07) is 11.2. The Labute approximate surface area is 137 Å². The lowest BCUT2D eigenvalue weighted by Gasteiger charge is -2.11. The van der Waals surface area contributed by atoms with E-state index in [4.69, 9.17) is 9.47 Å². The van der Waals surface area contributed by atoms with Gasteiger partial charge in [-0.15, -0.1) is 0 Å². The minimum atomic E-state index is -4.46. The van der Waals surface area contributed by atoms with Gasteiger partial charge in [0.2, 0.25) is 0 Å². The fourth-order valence-corrected chi connectivity index (χ4v) is 1.94. The van der Waals surface area contributed by atoms with Gasteiger partial charge in [-0.1, -0.05) is 12.1 Å². The van der Waals surface area contributed by atoms with Gasteiger partial charge < -0.3 is 14.8 Å². The van der Waals surface area contributed by atoms with Crippen LogP contribution >= 0.6 is 0 Å². The van der Waals surface area contributed by atoms with E-state index in [1.165, 1.54) is 12.1 Å². The Hall–Kier alpha value is -2.70. The van der Waals surface area contributed by atoms with Crippen LogP contribution in [0.4, 0.5) is 18.9 Å². The molecule has 0 aliphatic heterocycles. The Bertz CT molecular complexity index is 701. The number of hydrogen-bond donors (Lipinski definition) is 1. The highest BCUT2D eigenvalue weighted by Crippen LogP contribution is 2.31. The van der Waals surface area contributed by atoms with Gasteiger partial charge in [-0.05, 0) is 37.3 Å². The lowest BCUT2D eigenvalue weighted by atomic mass is 10.2. The normalized spacial score (nSPS) is 11.0. The Morgan fingerprint density at radius 1 is 1.04 bits per heavy atom. The van der Waals surface area contributed by atoms with Crippen molar-refractivity contribution < 1.29 is 27.4 Å². The summed E-state index contributed by atoms with van der Waals surface area (Å²) in [4.78, 5) is 11.8. The number of hydrogen-bond acceptors (Lipinski definition) is 3. The molecule has 0 radical (unpaired) electrons. The van der Waals surface area contributed by atoms with Gasteiger partial charge >= 0.3 is 6.18 Å². The van der Waals surface area contributed by atoms with E-state index in [0.29, 0.717) is 18.0 Å². The van der Waals surface area contributed by atoms with Gasteiger partial charge in [0.1, 0.15) is 11.5 Å². The van der Waals surface area contributed by atoms with Crippen molar-refractivity contribution in [1.82, 2.24) is 0 Å². The van der Waals surface area contributed by atoms with Gasteiger partial charge in [-0.25, -0.2) is 0 Å². The van der Waals surface area contributed by atoms with Crippen LogP contribution in [-0.4, -0.2) is 19.1 Å². The fourth-order valence-electron chi connectivity index (χ4n) is 1.94. The molecular formula is C17H16F3NO3. The van der Waals surface area contributed by atoms with E-state index in [0.717, 1.165) is 12.1 Å². The predicted octanol–water partition coefficient (Wildman–Crippen LogP) is 4.12. The van der Waals surface area contributed by atoms with Crippen LogP contribution in [-0.2, 0) is 11.0 Å². The molecular weight excluding hydrogens is 323 g/mol. The molecule has 0 saturated heterocycles. The molecule has 0 aliphatic rings. The summed E-state index contributed by atoms with van der Waals surface area (Å²) in [5.74, 6) is 0.0956. The molecule has 0 aromatic heterocycles. The lowest BCUT2D eigenvalue weighted by Crippen LogP contribution is -2.20. The van der Waals surface area contributed by atoms with Crippen LogP contribution < -0.4 is 14.8 Å². The topological polar surface area (TPSA) is 47.6 Å². The maximum Gasteiger partial charge on any atom is 0.416 e. The molecule has 0 bridgehead atoms. The quantitative estimate of drug-likeness (QED) is 0.861. The second kappa shape index (κ2) is 7.72. The molecule has 0 saturated carbocycles. The molecule has 0 heterocycles. The van der Waals surface area contributed by atoms with E-state index in [1.54, 1.807) is 24.3 Å². The Morgan fingerprint density at radius 2 is 1.71 bits per heavy atom. The zero-order chi connectivity index (χ0) is 17.6. The first kappa shape index (κ1) is 17.7. The summed E-state index contributed by atoms with van der Waals surface area (Å²) in [7, 11) is 0. The Balaban J connectivity index is 1.93. The smallest absolute Gasteiger partial charge is 0.416 e. The van der Waals surface area contributed by atoms with Crippen LogP contribution in [0, 0.1) is 0 Å². The van der Waals surface area contributed by atoms with E-state index in [9.17, 15) is 18.0 Å². The van der Waals surface area contributed by atoms with Crippen molar-refractivity contribution in [3.8, 4) is 11.5 Å². The number of ether oxygens (including phenoxy) is 2. The minimum Gasteiger partial charge on any atom is -0.494 e. The van der Waals surface area contributed by atoms with Crippen LogP contribution in [0.2, 0.25) is 0 Å². The van der Waals surface area contributed by atoms with Gasteiger partial charge in [-0.2, -0.15) is 13.2 Å². The second-order valence-electron chi connectivity index (χ2n) is 4.82. The van der Waals surface area contributed by atoms with Crippen molar-refractivity contribution in [2.75, 3.05) is 18.5 Å². The Morgan fingerprint density at radius 3 is 2.38 bits per heavy atom. The number of alkyl halides is 3. The van der Waals surface area contributed by atoms with Gasteiger partial charge in [0, 0.05) is 11.8 Å². The van der Waals surface area contributed by atoms with Crippen molar-refractivity contribution in [2.24, 2.45) is 0 Å². The summed E-state index contributed by atoms with van der Waals surface area (Å²) in [5, 5.41) is 2.59. The number of amides is 1. The van der Waals surface area contributed by atoms with Crippen LogP contribution in [0.3, 0.4) is 0 Å². The number of carbonyl (C=O) groups excluding carboxylic acids is 1. The summed E-state index contributed by atoms with van der Waals surface area (Å²) in [5.41, 5.74) is -0.316. The van der Waals surface area contributed by atoms with E-state index in [2.05, 4.69) is 5.32 Å². The van der Waals surface area contributed by atoms with Crippen LogP contribution in [0.5, 0.6) is 11.5 Å². The largest absolute Gasteiger partial charge is 0.494 e. The first-order valence-electron chi connectivity index (χ1n) is 7.21. The highest BCUT2D eigenvalue weighted by atomic mass is 19.4.